The van der Waals surface area contributed by atoms with E-state index in [1.54, 1.807) is 0 Å². The van der Waals surface area contributed by atoms with Crippen LogP contribution < -0.4 is 16.0 Å². The minimum atomic E-state index is 0.440. The Bertz CT molecular complexity index is 1060. The minimum absolute atomic E-state index is 0.440. The molecule has 0 aliphatic carbocycles. The second-order valence-corrected chi connectivity index (χ2v) is 7.19. The van der Waals surface area contributed by atoms with Gasteiger partial charge >= 0.3 is 0 Å². The zero-order valence-corrected chi connectivity index (χ0v) is 15.2. The van der Waals surface area contributed by atoms with Crippen LogP contribution in [0, 0.1) is 0 Å². The molecule has 3 N–H and O–H groups in total. The molecule has 1 saturated heterocycles. The van der Waals surface area contributed by atoms with Crippen molar-refractivity contribution in [3.05, 3.63) is 42.1 Å². The summed E-state index contributed by atoms with van der Waals surface area (Å²) < 4.78 is 0. The molecular weight excluding hydrogens is 338 g/mol. The highest BCUT2D eigenvalue weighted by Gasteiger charge is 2.18. The van der Waals surface area contributed by atoms with Gasteiger partial charge in [-0.25, -0.2) is 19.9 Å². The van der Waals surface area contributed by atoms with Crippen LogP contribution in [-0.2, 0) is 6.42 Å². The predicted octanol–water partition coefficient (Wildman–Crippen LogP) is 2.03. The first-order chi connectivity index (χ1) is 13.2. The first-order valence-corrected chi connectivity index (χ1v) is 9.24. The molecule has 0 saturated carbocycles. The van der Waals surface area contributed by atoms with Gasteiger partial charge in [0.2, 0.25) is 0 Å². The lowest BCUT2D eigenvalue weighted by molar-refractivity contribution is 0.482. The summed E-state index contributed by atoms with van der Waals surface area (Å²) in [5.74, 6) is 1.54. The van der Waals surface area contributed by atoms with Crippen molar-refractivity contribution < 1.29 is 0 Å². The van der Waals surface area contributed by atoms with E-state index in [4.69, 9.17) is 15.7 Å². The summed E-state index contributed by atoms with van der Waals surface area (Å²) in [6, 6.07) is 10.6. The number of piperazine rings is 1. The predicted molar refractivity (Wildman–Crippen MR) is 107 cm³/mol. The highest BCUT2D eigenvalue weighted by atomic mass is 15.2. The fraction of sp³-hybridized carbons (Fsp3) is 0.300. The molecule has 2 aliphatic rings. The molecular formula is C20H21N7. The van der Waals surface area contributed by atoms with Crippen LogP contribution in [0.15, 0.2) is 41.5 Å². The highest BCUT2D eigenvalue weighted by Crippen LogP contribution is 2.31. The Morgan fingerprint density at radius 2 is 2.11 bits per heavy atom. The average molecular weight is 359 g/mol. The summed E-state index contributed by atoms with van der Waals surface area (Å²) >= 11 is 0. The van der Waals surface area contributed by atoms with E-state index < -0.39 is 0 Å². The third kappa shape index (κ3) is 3.00. The molecule has 1 atom stereocenters. The van der Waals surface area contributed by atoms with Gasteiger partial charge in [0.15, 0.2) is 5.65 Å². The summed E-state index contributed by atoms with van der Waals surface area (Å²) in [5.41, 5.74) is 11.3. The average Bonchev–Trinajstić information content (AvgIpc) is 3.06. The number of fused-ring (bicyclic) bond motifs is 2. The Morgan fingerprint density at radius 1 is 1.19 bits per heavy atom. The van der Waals surface area contributed by atoms with E-state index in [-0.39, 0.29) is 0 Å². The maximum atomic E-state index is 5.85. The summed E-state index contributed by atoms with van der Waals surface area (Å²) in [5, 5.41) is 3.45. The molecule has 3 aromatic rings. The van der Waals surface area contributed by atoms with E-state index in [0.717, 1.165) is 59.9 Å². The molecule has 1 fully saturated rings. The van der Waals surface area contributed by atoms with Crippen molar-refractivity contribution in [2.24, 2.45) is 10.7 Å². The fourth-order valence-corrected chi connectivity index (χ4v) is 3.71. The summed E-state index contributed by atoms with van der Waals surface area (Å²) in [6.45, 7) is 4.98. The number of anilines is 1. The minimum Gasteiger partial charge on any atom is -0.387 e. The molecule has 1 unspecified atom stereocenters. The smallest absolute Gasteiger partial charge is 0.180 e. The number of nitrogens with one attached hydrogen (secondary N) is 1. The van der Waals surface area contributed by atoms with Gasteiger partial charge in [-0.05, 0) is 30.7 Å². The van der Waals surface area contributed by atoms with Crippen molar-refractivity contribution in [1.29, 1.82) is 0 Å². The van der Waals surface area contributed by atoms with Gasteiger partial charge < -0.3 is 16.0 Å². The van der Waals surface area contributed by atoms with Gasteiger partial charge in [-0.3, -0.25) is 0 Å². The number of aromatic nitrogens is 3. The van der Waals surface area contributed by atoms with Crippen molar-refractivity contribution >= 4 is 28.5 Å². The van der Waals surface area contributed by atoms with Crippen LogP contribution in [0.5, 0.6) is 0 Å². The number of nitrogens with two attached hydrogens (primary N) is 1. The molecule has 0 amide bonds. The molecule has 27 heavy (non-hydrogen) atoms. The molecule has 7 nitrogen and oxygen atoms in total. The Labute approximate surface area is 157 Å². The fourth-order valence-electron chi connectivity index (χ4n) is 3.71. The van der Waals surface area contributed by atoms with Crippen LogP contribution >= 0.6 is 0 Å². The van der Waals surface area contributed by atoms with Gasteiger partial charge in [0, 0.05) is 37.7 Å². The van der Waals surface area contributed by atoms with Crippen LogP contribution in [0.3, 0.4) is 0 Å². The summed E-state index contributed by atoms with van der Waals surface area (Å²) in [6.07, 6.45) is 2.56. The van der Waals surface area contributed by atoms with Crippen LogP contribution in [0.1, 0.15) is 12.5 Å². The van der Waals surface area contributed by atoms with Crippen LogP contribution in [0.2, 0.25) is 0 Å². The SMILES string of the molecule is CC1CN(c2cnc3ccc(-c4ccc5c(c4)N=C(N)C5)nc3n2)CCN1. The lowest BCUT2D eigenvalue weighted by Crippen LogP contribution is -2.49. The molecule has 0 bridgehead atoms. The molecule has 1 aromatic carbocycles. The standard InChI is InChI=1S/C20H21N7/c1-12-11-27(7-6-22-12)19-10-23-16-5-4-15(25-20(16)26-19)13-2-3-14-9-18(21)24-17(14)8-13/h2-5,8,10,12,22H,6-7,9,11H2,1H3,(H2,21,24). The zero-order chi connectivity index (χ0) is 18.4. The first-order valence-electron chi connectivity index (χ1n) is 9.24. The van der Waals surface area contributed by atoms with Gasteiger partial charge in [0.25, 0.3) is 0 Å². The zero-order valence-electron chi connectivity index (χ0n) is 15.2. The first kappa shape index (κ1) is 16.1. The third-order valence-corrected chi connectivity index (χ3v) is 5.10. The van der Waals surface area contributed by atoms with Gasteiger partial charge in [0.05, 0.1) is 17.6 Å². The second-order valence-electron chi connectivity index (χ2n) is 7.19. The molecule has 2 aromatic heterocycles. The molecule has 0 spiro atoms. The maximum absolute atomic E-state index is 5.85. The highest BCUT2D eigenvalue weighted by molar-refractivity contribution is 5.91. The third-order valence-electron chi connectivity index (χ3n) is 5.10. The molecule has 5 rings (SSSR count). The normalized spacial score (nSPS) is 19.2. The number of hydrogen-bond acceptors (Lipinski definition) is 7. The van der Waals surface area contributed by atoms with Crippen molar-refractivity contribution in [3.63, 3.8) is 0 Å². The lowest BCUT2D eigenvalue weighted by Gasteiger charge is -2.32. The number of amidine groups is 1. The number of pyridine rings is 1. The van der Waals surface area contributed by atoms with Crippen molar-refractivity contribution in [1.82, 2.24) is 20.3 Å². The van der Waals surface area contributed by atoms with E-state index in [1.165, 1.54) is 0 Å². The van der Waals surface area contributed by atoms with E-state index in [2.05, 4.69) is 39.2 Å². The topological polar surface area (TPSA) is 92.3 Å². The molecule has 0 radical (unpaired) electrons. The van der Waals surface area contributed by atoms with Gasteiger partial charge in [-0.2, -0.15) is 0 Å². The Hall–Kier alpha value is -3.06. The molecule has 136 valence electrons. The molecule has 7 heteroatoms. The number of nitrogens with zero attached hydrogens (tertiary/aromatic N) is 5. The van der Waals surface area contributed by atoms with E-state index in [9.17, 15) is 0 Å². The van der Waals surface area contributed by atoms with E-state index in [0.29, 0.717) is 17.5 Å². The summed E-state index contributed by atoms with van der Waals surface area (Å²) in [7, 11) is 0. The number of hydrogen-bond donors (Lipinski definition) is 2. The lowest BCUT2D eigenvalue weighted by atomic mass is 10.1. The van der Waals surface area contributed by atoms with Crippen LogP contribution in [-0.4, -0.2) is 46.5 Å². The maximum Gasteiger partial charge on any atom is 0.180 e. The van der Waals surface area contributed by atoms with Crippen molar-refractivity contribution in [2.75, 3.05) is 24.5 Å². The quantitative estimate of drug-likeness (QED) is 0.727. The molecule has 2 aliphatic heterocycles. The van der Waals surface area contributed by atoms with Gasteiger partial charge in [-0.1, -0.05) is 12.1 Å². The monoisotopic (exact) mass is 359 g/mol. The summed E-state index contributed by atoms with van der Waals surface area (Å²) in [4.78, 5) is 20.8. The van der Waals surface area contributed by atoms with Gasteiger partial charge in [-0.15, -0.1) is 0 Å². The Balaban J connectivity index is 1.52. The number of rotatable bonds is 2. The van der Waals surface area contributed by atoms with Crippen molar-refractivity contribution in [3.8, 4) is 11.3 Å². The number of benzene rings is 1. The number of aliphatic imine (C=N–C) groups is 1. The van der Waals surface area contributed by atoms with Crippen LogP contribution in [0.4, 0.5) is 11.5 Å². The Morgan fingerprint density at radius 3 is 3.00 bits per heavy atom. The largest absolute Gasteiger partial charge is 0.387 e. The second kappa shape index (κ2) is 6.28. The van der Waals surface area contributed by atoms with Crippen molar-refractivity contribution in [2.45, 2.75) is 19.4 Å². The van der Waals surface area contributed by atoms with Crippen LogP contribution in [0.25, 0.3) is 22.4 Å². The van der Waals surface area contributed by atoms with E-state index >= 15 is 0 Å². The Kier molecular flexibility index (Phi) is 3.75. The molecule has 4 heterocycles. The van der Waals surface area contributed by atoms with E-state index in [1.807, 2.05) is 24.4 Å². The van der Waals surface area contributed by atoms with Gasteiger partial charge in [0.1, 0.15) is 17.2 Å².